The number of esters is 1. The summed E-state index contributed by atoms with van der Waals surface area (Å²) < 4.78 is 56.2. The molecule has 0 aliphatic carbocycles. The number of sulfonamides is 2. The fourth-order valence-corrected chi connectivity index (χ4v) is 3.81. The maximum Gasteiger partial charge on any atom is 0.338 e. The highest BCUT2D eigenvalue weighted by Gasteiger charge is 2.28. The molecule has 0 aliphatic rings. The Morgan fingerprint density at radius 1 is 1.26 bits per heavy atom. The molecule has 0 saturated heterocycles. The van der Waals surface area contributed by atoms with Gasteiger partial charge >= 0.3 is 5.97 Å². The normalized spacial score (nSPS) is 11.8. The van der Waals surface area contributed by atoms with Gasteiger partial charge in [-0.2, -0.15) is 0 Å². The Morgan fingerprint density at radius 2 is 1.87 bits per heavy atom. The molecular formula is C12H14N2O7S2. The smallest absolute Gasteiger partial charge is 0.338 e. The van der Waals surface area contributed by atoms with E-state index in [-0.39, 0.29) is 11.1 Å². The van der Waals surface area contributed by atoms with Crippen molar-refractivity contribution in [2.75, 3.05) is 21.2 Å². The van der Waals surface area contributed by atoms with Gasteiger partial charge in [-0.15, -0.1) is 0 Å². The molecule has 1 aromatic carbocycles. The Morgan fingerprint density at radius 3 is 2.35 bits per heavy atom. The zero-order valence-corrected chi connectivity index (χ0v) is 14.1. The Balaban J connectivity index is 3.74. The van der Waals surface area contributed by atoms with Gasteiger partial charge in [-0.25, -0.2) is 30.7 Å². The lowest BCUT2D eigenvalue weighted by atomic mass is 10.1. The first-order valence-corrected chi connectivity index (χ1v) is 9.06. The summed E-state index contributed by atoms with van der Waals surface area (Å²) in [6.45, 7) is 0. The number of ether oxygens (including phenoxy) is 1. The van der Waals surface area contributed by atoms with Gasteiger partial charge in [-0.05, 0) is 12.1 Å². The first-order valence-electron chi connectivity index (χ1n) is 6.01. The molecule has 0 unspecified atom stereocenters. The highest BCUT2D eigenvalue weighted by Crippen LogP contribution is 2.25. The fraction of sp³-hybridized carbons (Fsp3) is 0.333. The number of carbonyl (C=O) groups excluding carboxylic acids is 2. The van der Waals surface area contributed by atoms with E-state index in [0.717, 1.165) is 23.6 Å². The van der Waals surface area contributed by atoms with Gasteiger partial charge < -0.3 is 4.74 Å². The predicted octanol–water partition coefficient (Wildman–Crippen LogP) is -0.111. The van der Waals surface area contributed by atoms with E-state index >= 15 is 0 Å². The largest absolute Gasteiger partial charge is 0.465 e. The SMILES string of the molecule is COC(=O)c1cccc(S(=O)(=O)N(C)C)c1CS(=O)(=O)N=C=O. The number of hydrogen-bond acceptors (Lipinski definition) is 7. The van der Waals surface area contributed by atoms with Crippen molar-refractivity contribution in [1.29, 1.82) is 0 Å². The molecular weight excluding hydrogens is 348 g/mol. The minimum atomic E-state index is -4.35. The highest BCUT2D eigenvalue weighted by molar-refractivity contribution is 7.90. The molecule has 11 heteroatoms. The summed E-state index contributed by atoms with van der Waals surface area (Å²) in [4.78, 5) is 21.6. The summed E-state index contributed by atoms with van der Waals surface area (Å²) in [6.07, 6.45) is 0.883. The molecule has 0 aliphatic heterocycles. The monoisotopic (exact) mass is 362 g/mol. The summed E-state index contributed by atoms with van der Waals surface area (Å²) in [6, 6.07) is 3.65. The second kappa shape index (κ2) is 7.01. The molecule has 0 saturated carbocycles. The van der Waals surface area contributed by atoms with Crippen LogP contribution in [-0.2, 0) is 35.3 Å². The quantitative estimate of drug-likeness (QED) is 0.392. The second-order valence-corrected chi connectivity index (χ2v) is 8.23. The lowest BCUT2D eigenvalue weighted by Crippen LogP contribution is -2.25. The van der Waals surface area contributed by atoms with Crippen LogP contribution in [0, 0.1) is 0 Å². The molecule has 0 amide bonds. The summed E-state index contributed by atoms with van der Waals surface area (Å²) in [5, 5.41) is 0. The number of rotatable bonds is 6. The van der Waals surface area contributed by atoms with Crippen LogP contribution in [0.5, 0.6) is 0 Å². The van der Waals surface area contributed by atoms with E-state index in [1.807, 2.05) is 0 Å². The van der Waals surface area contributed by atoms with Crippen LogP contribution in [-0.4, -0.2) is 54.4 Å². The van der Waals surface area contributed by atoms with Crippen molar-refractivity contribution >= 4 is 32.1 Å². The van der Waals surface area contributed by atoms with Crippen molar-refractivity contribution in [1.82, 2.24) is 4.31 Å². The van der Waals surface area contributed by atoms with Crippen molar-refractivity contribution < 1.29 is 31.2 Å². The van der Waals surface area contributed by atoms with Crippen molar-refractivity contribution in [2.24, 2.45) is 4.40 Å². The summed E-state index contributed by atoms with van der Waals surface area (Å²) >= 11 is 0. The Hall–Kier alpha value is -2.07. The highest BCUT2D eigenvalue weighted by atomic mass is 32.2. The number of methoxy groups -OCH3 is 1. The standard InChI is InChI=1S/C12H14N2O7S2/c1-14(2)23(19,20)11-6-4-5-9(12(16)21-3)10(11)7-22(17,18)13-8-15/h4-6H,7H2,1-3H3. The maximum absolute atomic E-state index is 12.3. The third kappa shape index (κ3) is 4.23. The number of isocyanates is 1. The molecule has 126 valence electrons. The second-order valence-electron chi connectivity index (χ2n) is 4.47. The van der Waals surface area contributed by atoms with Crippen molar-refractivity contribution in [3.05, 3.63) is 29.3 Å². The van der Waals surface area contributed by atoms with E-state index in [1.165, 1.54) is 26.2 Å². The van der Waals surface area contributed by atoms with E-state index in [0.29, 0.717) is 0 Å². The Kier molecular flexibility index (Phi) is 5.78. The van der Waals surface area contributed by atoms with Crippen LogP contribution in [0.1, 0.15) is 15.9 Å². The minimum Gasteiger partial charge on any atom is -0.465 e. The van der Waals surface area contributed by atoms with Crippen molar-refractivity contribution in [2.45, 2.75) is 10.6 Å². The van der Waals surface area contributed by atoms with Crippen molar-refractivity contribution in [3.63, 3.8) is 0 Å². The molecule has 1 rings (SSSR count). The lowest BCUT2D eigenvalue weighted by molar-refractivity contribution is 0.0599. The van der Waals surface area contributed by atoms with E-state index in [4.69, 9.17) is 0 Å². The fourth-order valence-electron chi connectivity index (χ4n) is 1.73. The number of nitrogens with zero attached hydrogens (tertiary/aromatic N) is 2. The van der Waals surface area contributed by atoms with Crippen LogP contribution in [0.15, 0.2) is 27.5 Å². The summed E-state index contributed by atoms with van der Waals surface area (Å²) in [7, 11) is -4.81. The van der Waals surface area contributed by atoms with Crippen LogP contribution < -0.4 is 0 Å². The van der Waals surface area contributed by atoms with Crippen LogP contribution in [0.25, 0.3) is 0 Å². The maximum atomic E-state index is 12.3. The first-order chi connectivity index (χ1) is 10.6. The van der Waals surface area contributed by atoms with E-state index in [1.54, 1.807) is 0 Å². The van der Waals surface area contributed by atoms with Gasteiger partial charge in [0.15, 0.2) is 0 Å². The minimum absolute atomic E-state index is 0.250. The van der Waals surface area contributed by atoms with Gasteiger partial charge in [0.05, 0.1) is 23.3 Å². The van der Waals surface area contributed by atoms with E-state index < -0.39 is 36.7 Å². The lowest BCUT2D eigenvalue weighted by Gasteiger charge is -2.16. The third-order valence-corrected chi connectivity index (χ3v) is 5.71. The van der Waals surface area contributed by atoms with Crippen LogP contribution in [0.2, 0.25) is 0 Å². The topological polar surface area (TPSA) is 127 Å². The zero-order chi connectivity index (χ0) is 17.8. The molecule has 0 aromatic heterocycles. The average Bonchev–Trinajstić information content (AvgIpc) is 2.45. The molecule has 1 aromatic rings. The summed E-state index contributed by atoms with van der Waals surface area (Å²) in [5.74, 6) is -1.88. The molecule has 0 heterocycles. The molecule has 0 fully saturated rings. The zero-order valence-electron chi connectivity index (χ0n) is 12.5. The number of hydrogen-bond donors (Lipinski definition) is 0. The Labute approximate surface area is 133 Å². The molecule has 23 heavy (non-hydrogen) atoms. The van der Waals surface area contributed by atoms with Crippen molar-refractivity contribution in [3.8, 4) is 0 Å². The van der Waals surface area contributed by atoms with Gasteiger partial charge in [0.1, 0.15) is 0 Å². The predicted molar refractivity (Wildman–Crippen MR) is 79.4 cm³/mol. The Bertz CT molecular complexity index is 867. The molecule has 0 spiro atoms. The van der Waals surface area contributed by atoms with E-state index in [2.05, 4.69) is 9.13 Å². The number of carbonyl (C=O) groups is 1. The molecule has 0 bridgehead atoms. The molecule has 9 nitrogen and oxygen atoms in total. The third-order valence-electron chi connectivity index (χ3n) is 2.80. The summed E-state index contributed by atoms with van der Waals surface area (Å²) in [5.41, 5.74) is -0.577. The molecule has 0 atom stereocenters. The van der Waals surface area contributed by atoms with Crippen LogP contribution in [0.4, 0.5) is 0 Å². The van der Waals surface area contributed by atoms with E-state index in [9.17, 15) is 26.4 Å². The number of benzene rings is 1. The van der Waals surface area contributed by atoms with Gasteiger partial charge in [0.25, 0.3) is 16.1 Å². The van der Waals surface area contributed by atoms with Gasteiger partial charge in [0, 0.05) is 19.7 Å². The van der Waals surface area contributed by atoms with Crippen LogP contribution >= 0.6 is 0 Å². The average molecular weight is 362 g/mol. The van der Waals surface area contributed by atoms with Crippen LogP contribution in [0.3, 0.4) is 0 Å². The van der Waals surface area contributed by atoms with Gasteiger partial charge in [-0.3, -0.25) is 0 Å². The molecule has 0 radical (unpaired) electrons. The molecule has 0 N–H and O–H groups in total. The first kappa shape index (κ1) is 19.0. The van der Waals surface area contributed by atoms with Gasteiger partial charge in [-0.1, -0.05) is 10.5 Å². The van der Waals surface area contributed by atoms with Gasteiger partial charge in [0.2, 0.25) is 10.0 Å².